The molecule has 1 unspecified atom stereocenters. The summed E-state index contributed by atoms with van der Waals surface area (Å²) in [4.78, 5) is 20.1. The lowest BCUT2D eigenvalue weighted by atomic mass is 10.0. The van der Waals surface area contributed by atoms with Crippen molar-refractivity contribution in [2.45, 2.75) is 46.1 Å². The highest BCUT2D eigenvalue weighted by molar-refractivity contribution is 14.0. The van der Waals surface area contributed by atoms with Crippen molar-refractivity contribution in [2.75, 3.05) is 40.3 Å². The zero-order chi connectivity index (χ0) is 16.8. The Hall–Kier alpha value is -0.730. The Morgan fingerprint density at radius 3 is 2.61 bits per heavy atom. The van der Waals surface area contributed by atoms with E-state index in [0.29, 0.717) is 19.0 Å². The first-order valence-corrected chi connectivity index (χ1v) is 8.12. The molecule has 1 heterocycles. The molecular formula is C16H33IN4O2. The number of aliphatic imine (C=N–C) groups is 1. The Bertz CT molecular complexity index is 396. The third-order valence-corrected chi connectivity index (χ3v) is 3.60. The van der Waals surface area contributed by atoms with Crippen molar-refractivity contribution in [1.29, 1.82) is 0 Å². The number of ether oxygens (including phenoxy) is 1. The van der Waals surface area contributed by atoms with E-state index in [2.05, 4.69) is 22.1 Å². The Morgan fingerprint density at radius 1 is 1.43 bits per heavy atom. The number of carbonyl (C=O) groups is 1. The molecule has 1 saturated heterocycles. The number of nitrogens with one attached hydrogen (secondary N) is 1. The highest BCUT2D eigenvalue weighted by Crippen LogP contribution is 2.15. The molecule has 1 fully saturated rings. The number of hydrogen-bond acceptors (Lipinski definition) is 3. The van der Waals surface area contributed by atoms with Gasteiger partial charge in [-0.1, -0.05) is 6.92 Å². The summed E-state index contributed by atoms with van der Waals surface area (Å²) in [6.07, 6.45) is 2.20. The highest BCUT2D eigenvalue weighted by Gasteiger charge is 2.21. The van der Waals surface area contributed by atoms with Gasteiger partial charge in [-0.15, -0.1) is 24.0 Å². The van der Waals surface area contributed by atoms with Crippen LogP contribution in [0.5, 0.6) is 0 Å². The maximum atomic E-state index is 11.9. The number of halogens is 1. The van der Waals surface area contributed by atoms with Gasteiger partial charge in [-0.2, -0.15) is 0 Å². The third kappa shape index (κ3) is 8.62. The van der Waals surface area contributed by atoms with Crippen molar-refractivity contribution >= 4 is 36.0 Å². The maximum absolute atomic E-state index is 11.9. The Labute approximate surface area is 158 Å². The standard InChI is InChI=1S/C16H32N4O2.HI/c1-13-8-7-10-20(12-13)14(17-5)18-9-11-19(6)15(21)22-16(2,3)4;/h13H,7-12H2,1-6H3,(H,17,18);1H. The summed E-state index contributed by atoms with van der Waals surface area (Å²) in [5, 5.41) is 3.33. The second-order valence-corrected chi connectivity index (χ2v) is 7.07. The van der Waals surface area contributed by atoms with Gasteiger partial charge in [0, 0.05) is 40.3 Å². The Kier molecular flexibility index (Phi) is 9.88. The molecule has 136 valence electrons. The molecule has 0 aromatic heterocycles. The minimum absolute atomic E-state index is 0. The number of carbonyl (C=O) groups excluding carboxylic acids is 1. The van der Waals surface area contributed by atoms with Crippen LogP contribution < -0.4 is 5.32 Å². The summed E-state index contributed by atoms with van der Waals surface area (Å²) < 4.78 is 5.33. The maximum Gasteiger partial charge on any atom is 0.410 e. The van der Waals surface area contributed by atoms with Crippen LogP contribution in [0.15, 0.2) is 4.99 Å². The van der Waals surface area contributed by atoms with E-state index in [1.807, 2.05) is 20.8 Å². The number of piperidine rings is 1. The van der Waals surface area contributed by atoms with Gasteiger partial charge in [0.25, 0.3) is 0 Å². The fraction of sp³-hybridized carbons (Fsp3) is 0.875. The molecule has 1 atom stereocenters. The first-order chi connectivity index (χ1) is 10.2. The lowest BCUT2D eigenvalue weighted by Gasteiger charge is -2.33. The van der Waals surface area contributed by atoms with Crippen molar-refractivity contribution < 1.29 is 9.53 Å². The molecule has 0 bridgehead atoms. The van der Waals surface area contributed by atoms with Crippen LogP contribution in [0.25, 0.3) is 0 Å². The van der Waals surface area contributed by atoms with E-state index >= 15 is 0 Å². The number of amides is 1. The molecule has 6 nitrogen and oxygen atoms in total. The number of hydrogen-bond donors (Lipinski definition) is 1. The summed E-state index contributed by atoms with van der Waals surface area (Å²) >= 11 is 0. The van der Waals surface area contributed by atoms with E-state index in [0.717, 1.165) is 19.0 Å². The van der Waals surface area contributed by atoms with Crippen LogP contribution in [0.3, 0.4) is 0 Å². The Balaban J connectivity index is 0.00000484. The molecule has 0 saturated carbocycles. The van der Waals surface area contributed by atoms with Crippen LogP contribution in [0.2, 0.25) is 0 Å². The first kappa shape index (κ1) is 22.3. The summed E-state index contributed by atoms with van der Waals surface area (Å²) in [5.74, 6) is 1.63. The van der Waals surface area contributed by atoms with Gasteiger partial charge in [0.1, 0.15) is 5.60 Å². The molecule has 1 amide bonds. The van der Waals surface area contributed by atoms with E-state index in [9.17, 15) is 4.79 Å². The molecule has 0 aromatic rings. The Morgan fingerprint density at radius 2 is 2.09 bits per heavy atom. The van der Waals surface area contributed by atoms with Crippen LogP contribution in [-0.2, 0) is 4.74 Å². The minimum atomic E-state index is -0.460. The molecule has 1 N–H and O–H groups in total. The zero-order valence-electron chi connectivity index (χ0n) is 15.4. The molecule has 1 rings (SSSR count). The second kappa shape index (κ2) is 10.2. The lowest BCUT2D eigenvalue weighted by Crippen LogP contribution is -2.48. The number of likely N-dealkylation sites (N-methyl/N-ethyl adjacent to an activating group) is 1. The van der Waals surface area contributed by atoms with Crippen LogP contribution >= 0.6 is 24.0 Å². The molecule has 7 heteroatoms. The van der Waals surface area contributed by atoms with Gasteiger partial charge in [0.05, 0.1) is 0 Å². The first-order valence-electron chi connectivity index (χ1n) is 8.12. The molecule has 1 aliphatic rings. The predicted octanol–water partition coefficient (Wildman–Crippen LogP) is 2.78. The van der Waals surface area contributed by atoms with Crippen LogP contribution in [0, 0.1) is 5.92 Å². The summed E-state index contributed by atoms with van der Waals surface area (Å²) in [6, 6.07) is 0. The lowest BCUT2D eigenvalue weighted by molar-refractivity contribution is 0.0302. The molecule has 0 radical (unpaired) electrons. The fourth-order valence-electron chi connectivity index (χ4n) is 2.48. The molecule has 23 heavy (non-hydrogen) atoms. The average molecular weight is 440 g/mol. The van der Waals surface area contributed by atoms with Gasteiger partial charge in [-0.25, -0.2) is 4.79 Å². The summed E-state index contributed by atoms with van der Waals surface area (Å²) in [5.41, 5.74) is -0.460. The zero-order valence-corrected chi connectivity index (χ0v) is 17.7. The normalized spacial score (nSPS) is 19.0. The van der Waals surface area contributed by atoms with E-state index < -0.39 is 5.60 Å². The fourth-order valence-corrected chi connectivity index (χ4v) is 2.48. The summed E-state index contributed by atoms with van der Waals surface area (Å²) in [7, 11) is 3.56. The van der Waals surface area contributed by atoms with Crippen molar-refractivity contribution in [3.8, 4) is 0 Å². The van der Waals surface area contributed by atoms with E-state index in [1.54, 1.807) is 19.0 Å². The number of rotatable bonds is 3. The van der Waals surface area contributed by atoms with Crippen LogP contribution in [-0.4, -0.2) is 67.7 Å². The van der Waals surface area contributed by atoms with E-state index in [1.165, 1.54) is 12.8 Å². The van der Waals surface area contributed by atoms with E-state index in [4.69, 9.17) is 4.74 Å². The van der Waals surface area contributed by atoms with Crippen molar-refractivity contribution in [2.24, 2.45) is 10.9 Å². The molecule has 0 aliphatic carbocycles. The van der Waals surface area contributed by atoms with Gasteiger partial charge in [0.2, 0.25) is 0 Å². The van der Waals surface area contributed by atoms with Gasteiger partial charge in [-0.05, 0) is 39.5 Å². The monoisotopic (exact) mass is 440 g/mol. The van der Waals surface area contributed by atoms with Crippen molar-refractivity contribution in [3.63, 3.8) is 0 Å². The van der Waals surface area contributed by atoms with Gasteiger partial charge in [0.15, 0.2) is 5.96 Å². The molecule has 0 aromatic carbocycles. The number of nitrogens with zero attached hydrogens (tertiary/aromatic N) is 3. The third-order valence-electron chi connectivity index (χ3n) is 3.60. The van der Waals surface area contributed by atoms with Crippen LogP contribution in [0.1, 0.15) is 40.5 Å². The molecular weight excluding hydrogens is 407 g/mol. The van der Waals surface area contributed by atoms with Gasteiger partial charge >= 0.3 is 6.09 Å². The van der Waals surface area contributed by atoms with Crippen molar-refractivity contribution in [1.82, 2.24) is 15.1 Å². The largest absolute Gasteiger partial charge is 0.444 e. The van der Waals surface area contributed by atoms with Crippen LogP contribution in [0.4, 0.5) is 4.79 Å². The molecule has 1 aliphatic heterocycles. The van der Waals surface area contributed by atoms with Gasteiger partial charge < -0.3 is 19.9 Å². The highest BCUT2D eigenvalue weighted by atomic mass is 127. The van der Waals surface area contributed by atoms with E-state index in [-0.39, 0.29) is 30.1 Å². The number of likely N-dealkylation sites (tertiary alicyclic amines) is 1. The topological polar surface area (TPSA) is 57.2 Å². The summed E-state index contributed by atoms with van der Waals surface area (Å²) in [6.45, 7) is 11.2. The smallest absolute Gasteiger partial charge is 0.410 e. The van der Waals surface area contributed by atoms with Crippen molar-refractivity contribution in [3.05, 3.63) is 0 Å². The quantitative estimate of drug-likeness (QED) is 0.417. The number of guanidine groups is 1. The predicted molar refractivity (Wildman–Crippen MR) is 106 cm³/mol. The average Bonchev–Trinajstić information content (AvgIpc) is 2.41. The van der Waals surface area contributed by atoms with Gasteiger partial charge in [-0.3, -0.25) is 4.99 Å². The second-order valence-electron chi connectivity index (χ2n) is 7.07. The molecule has 0 spiro atoms. The SMILES string of the molecule is CN=C(NCCN(C)C(=O)OC(C)(C)C)N1CCCC(C)C1.I. The minimum Gasteiger partial charge on any atom is -0.444 e.